The smallest absolute Gasteiger partial charge is 0.172 e. The number of phenolic OH excluding ortho intramolecular Hbond substituents is 2. The normalized spacial score (nSPS) is 11.6. The van der Waals surface area contributed by atoms with Crippen molar-refractivity contribution in [2.75, 3.05) is 0 Å². The first-order valence-corrected chi connectivity index (χ1v) is 10.8. The van der Waals surface area contributed by atoms with Crippen LogP contribution in [0.3, 0.4) is 0 Å². The highest BCUT2D eigenvalue weighted by molar-refractivity contribution is 5.73. The van der Waals surface area contributed by atoms with E-state index in [1.54, 1.807) is 50.2 Å². The van der Waals surface area contributed by atoms with Gasteiger partial charge in [0.25, 0.3) is 0 Å². The standard InChI is InChI=1S/C29H26F2O2/c1-17-9-5-7-11-19(17)21-13-15-23(27(32)25(21)30)29(3,4)24-16-14-22(26(31)28(24)33)20-12-8-6-10-18(20)2/h5-16,32-33H,1-4H3. The number of halogens is 2. The van der Waals surface area contributed by atoms with E-state index in [0.29, 0.717) is 11.1 Å². The van der Waals surface area contributed by atoms with Crippen LogP contribution in [-0.4, -0.2) is 10.2 Å². The molecule has 0 atom stereocenters. The van der Waals surface area contributed by atoms with Crippen molar-refractivity contribution >= 4 is 0 Å². The van der Waals surface area contributed by atoms with Gasteiger partial charge in [0.15, 0.2) is 23.1 Å². The number of aryl methyl sites for hydroxylation is 2. The van der Waals surface area contributed by atoms with E-state index in [9.17, 15) is 10.2 Å². The number of benzene rings is 4. The van der Waals surface area contributed by atoms with Gasteiger partial charge in [-0.25, -0.2) is 8.78 Å². The summed E-state index contributed by atoms with van der Waals surface area (Å²) in [6, 6.07) is 21.2. The summed E-state index contributed by atoms with van der Waals surface area (Å²) in [4.78, 5) is 0. The Labute approximate surface area is 192 Å². The average Bonchev–Trinajstić information content (AvgIpc) is 2.78. The Morgan fingerprint density at radius 3 is 1.27 bits per heavy atom. The van der Waals surface area contributed by atoms with Crippen LogP contribution in [0, 0.1) is 25.5 Å². The van der Waals surface area contributed by atoms with E-state index >= 15 is 8.78 Å². The Morgan fingerprint density at radius 2 is 0.909 bits per heavy atom. The molecule has 0 spiro atoms. The molecule has 0 bridgehead atoms. The fraction of sp³-hybridized carbons (Fsp3) is 0.172. The van der Waals surface area contributed by atoms with E-state index in [1.807, 2.05) is 50.2 Å². The lowest BCUT2D eigenvalue weighted by Gasteiger charge is -2.29. The van der Waals surface area contributed by atoms with E-state index in [1.165, 1.54) is 0 Å². The molecule has 0 aliphatic carbocycles. The summed E-state index contributed by atoms with van der Waals surface area (Å²) >= 11 is 0. The van der Waals surface area contributed by atoms with Gasteiger partial charge in [-0.15, -0.1) is 0 Å². The second-order valence-corrected chi connectivity index (χ2v) is 8.90. The van der Waals surface area contributed by atoms with Crippen molar-refractivity contribution in [3.8, 4) is 33.8 Å². The van der Waals surface area contributed by atoms with Crippen molar-refractivity contribution in [3.63, 3.8) is 0 Å². The number of aromatic hydroxyl groups is 2. The van der Waals surface area contributed by atoms with Crippen LogP contribution in [0.2, 0.25) is 0 Å². The zero-order chi connectivity index (χ0) is 23.9. The van der Waals surface area contributed by atoms with Crippen molar-refractivity contribution in [2.24, 2.45) is 0 Å². The fourth-order valence-corrected chi connectivity index (χ4v) is 4.45. The molecular weight excluding hydrogens is 418 g/mol. The van der Waals surface area contributed by atoms with Gasteiger partial charge in [0.05, 0.1) is 0 Å². The topological polar surface area (TPSA) is 40.5 Å². The quantitative estimate of drug-likeness (QED) is 0.339. The summed E-state index contributed by atoms with van der Waals surface area (Å²) in [5.74, 6) is -2.51. The lowest BCUT2D eigenvalue weighted by molar-refractivity contribution is 0.399. The molecule has 0 amide bonds. The molecule has 4 aromatic carbocycles. The Balaban J connectivity index is 1.82. The first kappa shape index (κ1) is 22.5. The lowest BCUT2D eigenvalue weighted by atomic mass is 9.76. The van der Waals surface area contributed by atoms with Crippen molar-refractivity contribution in [1.82, 2.24) is 0 Å². The first-order chi connectivity index (χ1) is 15.6. The summed E-state index contributed by atoms with van der Waals surface area (Å²) in [5.41, 5.74) is 3.17. The molecule has 0 unspecified atom stereocenters. The molecule has 0 heterocycles. The number of hydrogen-bond acceptors (Lipinski definition) is 2. The lowest BCUT2D eigenvalue weighted by Crippen LogP contribution is -2.20. The van der Waals surface area contributed by atoms with Crippen LogP contribution in [0.4, 0.5) is 8.78 Å². The first-order valence-electron chi connectivity index (χ1n) is 10.8. The third-order valence-electron chi connectivity index (χ3n) is 6.45. The summed E-state index contributed by atoms with van der Waals surface area (Å²) in [6.07, 6.45) is 0. The van der Waals surface area contributed by atoms with Crippen molar-refractivity contribution in [1.29, 1.82) is 0 Å². The Kier molecular flexibility index (Phi) is 5.71. The number of rotatable bonds is 4. The van der Waals surface area contributed by atoms with Crippen LogP contribution in [0.1, 0.15) is 36.1 Å². The largest absolute Gasteiger partial charge is 0.505 e. The van der Waals surface area contributed by atoms with E-state index in [-0.39, 0.29) is 22.3 Å². The molecule has 0 aliphatic rings. The maximum absolute atomic E-state index is 15.3. The van der Waals surface area contributed by atoms with E-state index in [2.05, 4.69) is 0 Å². The number of phenols is 2. The van der Waals surface area contributed by atoms with E-state index < -0.39 is 28.5 Å². The Hall–Kier alpha value is -3.66. The zero-order valence-corrected chi connectivity index (χ0v) is 19.1. The molecule has 168 valence electrons. The maximum atomic E-state index is 15.3. The second-order valence-electron chi connectivity index (χ2n) is 8.90. The summed E-state index contributed by atoms with van der Waals surface area (Å²) in [5, 5.41) is 21.6. The van der Waals surface area contributed by atoms with Gasteiger partial charge < -0.3 is 10.2 Å². The van der Waals surface area contributed by atoms with E-state index in [4.69, 9.17) is 0 Å². The molecule has 4 aromatic rings. The van der Waals surface area contributed by atoms with Gasteiger partial charge in [-0.2, -0.15) is 0 Å². The summed E-state index contributed by atoms with van der Waals surface area (Å²) in [7, 11) is 0. The molecule has 0 fully saturated rings. The molecule has 33 heavy (non-hydrogen) atoms. The highest BCUT2D eigenvalue weighted by Crippen LogP contribution is 2.45. The highest BCUT2D eigenvalue weighted by atomic mass is 19.1. The molecule has 4 rings (SSSR count). The van der Waals surface area contributed by atoms with Crippen LogP contribution >= 0.6 is 0 Å². The fourth-order valence-electron chi connectivity index (χ4n) is 4.45. The summed E-state index contributed by atoms with van der Waals surface area (Å²) < 4.78 is 30.6. The van der Waals surface area contributed by atoms with Gasteiger partial charge in [-0.05, 0) is 36.1 Å². The van der Waals surface area contributed by atoms with Crippen LogP contribution in [0.25, 0.3) is 22.3 Å². The minimum absolute atomic E-state index is 0.260. The van der Waals surface area contributed by atoms with Crippen LogP contribution in [-0.2, 0) is 5.41 Å². The van der Waals surface area contributed by atoms with Crippen molar-refractivity contribution in [3.05, 3.63) is 107 Å². The van der Waals surface area contributed by atoms with Crippen molar-refractivity contribution < 1.29 is 19.0 Å². The highest BCUT2D eigenvalue weighted by Gasteiger charge is 2.33. The van der Waals surface area contributed by atoms with Crippen LogP contribution < -0.4 is 0 Å². The predicted molar refractivity (Wildman–Crippen MR) is 129 cm³/mol. The Morgan fingerprint density at radius 1 is 0.545 bits per heavy atom. The summed E-state index contributed by atoms with van der Waals surface area (Å²) in [6.45, 7) is 7.19. The molecule has 0 aliphatic heterocycles. The molecule has 0 radical (unpaired) electrons. The minimum Gasteiger partial charge on any atom is -0.505 e. The van der Waals surface area contributed by atoms with Gasteiger partial charge in [-0.3, -0.25) is 0 Å². The zero-order valence-electron chi connectivity index (χ0n) is 19.1. The van der Waals surface area contributed by atoms with Gasteiger partial charge in [0.1, 0.15) is 0 Å². The van der Waals surface area contributed by atoms with Gasteiger partial charge in [0.2, 0.25) is 0 Å². The van der Waals surface area contributed by atoms with Gasteiger partial charge in [0, 0.05) is 27.7 Å². The Bertz CT molecular complexity index is 1250. The third-order valence-corrected chi connectivity index (χ3v) is 6.45. The maximum Gasteiger partial charge on any atom is 0.172 e. The van der Waals surface area contributed by atoms with Gasteiger partial charge in [-0.1, -0.05) is 86.6 Å². The molecule has 0 saturated carbocycles. The van der Waals surface area contributed by atoms with E-state index in [0.717, 1.165) is 11.1 Å². The minimum atomic E-state index is -1.07. The van der Waals surface area contributed by atoms with Crippen LogP contribution in [0.15, 0.2) is 72.8 Å². The predicted octanol–water partition coefficient (Wildman–Crippen LogP) is 7.65. The molecule has 2 nitrogen and oxygen atoms in total. The SMILES string of the molecule is Cc1ccccc1-c1ccc(C(C)(C)c2ccc(-c3ccccc3C)c(F)c2O)c(O)c1F. The average molecular weight is 445 g/mol. The van der Waals surface area contributed by atoms with Crippen molar-refractivity contribution in [2.45, 2.75) is 33.1 Å². The monoisotopic (exact) mass is 444 g/mol. The molecule has 2 N–H and O–H groups in total. The molecule has 0 saturated heterocycles. The molecular formula is C29H26F2O2. The van der Waals surface area contributed by atoms with Crippen LogP contribution in [0.5, 0.6) is 11.5 Å². The molecule has 4 heteroatoms. The number of hydrogen-bond donors (Lipinski definition) is 2. The second kappa shape index (κ2) is 8.36. The molecule has 0 aromatic heterocycles. The third kappa shape index (κ3) is 3.76. The van der Waals surface area contributed by atoms with Gasteiger partial charge >= 0.3 is 0 Å².